The van der Waals surface area contributed by atoms with Gasteiger partial charge in [0.2, 0.25) is 0 Å². The van der Waals surface area contributed by atoms with E-state index in [9.17, 15) is 22.4 Å². The maximum Gasteiger partial charge on any atom is 0.416 e. The smallest absolute Gasteiger partial charge is 0.321 e. The maximum absolute atomic E-state index is 13.2. The molecule has 0 bridgehead atoms. The number of nitrogens with zero attached hydrogens (tertiary/aromatic N) is 2. The largest absolute Gasteiger partial charge is 0.416 e. The van der Waals surface area contributed by atoms with Crippen LogP contribution in [0.15, 0.2) is 48.5 Å². The van der Waals surface area contributed by atoms with E-state index in [2.05, 4.69) is 10.4 Å². The average Bonchev–Trinajstić information content (AvgIpc) is 3.25. The van der Waals surface area contributed by atoms with Crippen LogP contribution in [0.5, 0.6) is 0 Å². The first-order chi connectivity index (χ1) is 13.3. The van der Waals surface area contributed by atoms with E-state index in [0.29, 0.717) is 12.1 Å². The first-order valence-corrected chi connectivity index (χ1v) is 8.68. The van der Waals surface area contributed by atoms with Crippen LogP contribution in [0.2, 0.25) is 0 Å². The maximum atomic E-state index is 13.2. The number of amides is 1. The molecular weight excluding hydrogens is 374 g/mol. The van der Waals surface area contributed by atoms with Gasteiger partial charge in [-0.05, 0) is 67.8 Å². The fourth-order valence-electron chi connectivity index (χ4n) is 3.35. The Morgan fingerprint density at radius 3 is 2.32 bits per heavy atom. The molecular formula is C20H15F4N3O. The van der Waals surface area contributed by atoms with Gasteiger partial charge in [0.25, 0.3) is 5.91 Å². The molecule has 0 unspecified atom stereocenters. The van der Waals surface area contributed by atoms with E-state index in [1.807, 2.05) is 0 Å². The van der Waals surface area contributed by atoms with Crippen LogP contribution >= 0.6 is 0 Å². The van der Waals surface area contributed by atoms with Crippen LogP contribution in [0.25, 0.3) is 5.69 Å². The highest BCUT2D eigenvalue weighted by Gasteiger charge is 2.30. The fraction of sp³-hybridized carbons (Fsp3) is 0.200. The molecule has 0 saturated carbocycles. The third-order valence-corrected chi connectivity index (χ3v) is 4.69. The molecule has 1 N–H and O–H groups in total. The summed E-state index contributed by atoms with van der Waals surface area (Å²) < 4.78 is 52.8. The van der Waals surface area contributed by atoms with Crippen LogP contribution < -0.4 is 5.32 Å². The molecule has 1 aliphatic rings. The summed E-state index contributed by atoms with van der Waals surface area (Å²) in [5.41, 5.74) is 2.05. The number of aromatic nitrogens is 2. The minimum absolute atomic E-state index is 0.233. The number of rotatable bonds is 3. The summed E-state index contributed by atoms with van der Waals surface area (Å²) in [5, 5.41) is 6.99. The molecule has 0 saturated heterocycles. The van der Waals surface area contributed by atoms with Crippen molar-refractivity contribution in [1.82, 2.24) is 9.78 Å². The fourth-order valence-corrected chi connectivity index (χ4v) is 3.35. The van der Waals surface area contributed by atoms with Gasteiger partial charge in [0.1, 0.15) is 5.82 Å². The molecule has 0 atom stereocenters. The highest BCUT2D eigenvalue weighted by Crippen LogP contribution is 2.31. The predicted molar refractivity (Wildman–Crippen MR) is 94.9 cm³/mol. The highest BCUT2D eigenvalue weighted by atomic mass is 19.4. The Bertz CT molecular complexity index is 1020. The van der Waals surface area contributed by atoms with Gasteiger partial charge >= 0.3 is 6.18 Å². The van der Waals surface area contributed by atoms with Crippen molar-refractivity contribution < 1.29 is 22.4 Å². The Labute approximate surface area is 157 Å². The third kappa shape index (κ3) is 3.37. The first-order valence-electron chi connectivity index (χ1n) is 8.68. The van der Waals surface area contributed by atoms with E-state index in [4.69, 9.17) is 0 Å². The Morgan fingerprint density at radius 2 is 1.68 bits per heavy atom. The number of carbonyl (C=O) groups excluding carboxylic acids is 1. The molecule has 0 aliphatic heterocycles. The summed E-state index contributed by atoms with van der Waals surface area (Å²) in [4.78, 5) is 12.7. The summed E-state index contributed by atoms with van der Waals surface area (Å²) >= 11 is 0. The number of nitrogens with one attached hydrogen (secondary N) is 1. The molecule has 3 aromatic rings. The zero-order valence-electron chi connectivity index (χ0n) is 14.6. The van der Waals surface area contributed by atoms with Crippen LogP contribution in [0.1, 0.15) is 33.7 Å². The van der Waals surface area contributed by atoms with Crippen molar-refractivity contribution in [3.8, 4) is 5.69 Å². The van der Waals surface area contributed by atoms with Crippen molar-refractivity contribution in [1.29, 1.82) is 0 Å². The van der Waals surface area contributed by atoms with Crippen LogP contribution in [0, 0.1) is 5.82 Å². The number of carbonyl (C=O) groups is 1. The van der Waals surface area contributed by atoms with Crippen LogP contribution in [0.4, 0.5) is 23.2 Å². The third-order valence-electron chi connectivity index (χ3n) is 4.69. The molecule has 28 heavy (non-hydrogen) atoms. The predicted octanol–water partition coefficient (Wildman–Crippen LogP) is 4.77. The summed E-state index contributed by atoms with van der Waals surface area (Å²) in [6.45, 7) is 0. The van der Waals surface area contributed by atoms with Crippen molar-refractivity contribution in [2.24, 2.45) is 0 Å². The van der Waals surface area contributed by atoms with E-state index in [1.165, 1.54) is 24.3 Å². The van der Waals surface area contributed by atoms with Gasteiger partial charge in [0.05, 0.1) is 11.3 Å². The van der Waals surface area contributed by atoms with Crippen LogP contribution in [-0.2, 0) is 19.0 Å². The Hall–Kier alpha value is -3.16. The molecule has 2 aromatic carbocycles. The standard InChI is InChI=1S/C20H15F4N3O/c21-13-6-10-15(11-7-13)27-17-3-1-2-16(17)18(26-27)19(28)25-14-8-4-12(5-9-14)20(22,23)24/h4-11H,1-3H2,(H,25,28). The second-order valence-electron chi connectivity index (χ2n) is 6.54. The van der Waals surface area contributed by atoms with Crippen molar-refractivity contribution in [3.05, 3.63) is 76.9 Å². The molecule has 1 heterocycles. The second-order valence-corrected chi connectivity index (χ2v) is 6.54. The lowest BCUT2D eigenvalue weighted by Gasteiger charge is -2.08. The molecule has 0 fully saturated rings. The summed E-state index contributed by atoms with van der Waals surface area (Å²) in [6.07, 6.45) is -2.13. The van der Waals surface area contributed by atoms with Gasteiger partial charge in [-0.1, -0.05) is 0 Å². The van der Waals surface area contributed by atoms with Gasteiger partial charge in [-0.25, -0.2) is 9.07 Å². The molecule has 0 spiro atoms. The minimum Gasteiger partial charge on any atom is -0.321 e. The number of benzene rings is 2. The molecule has 8 heteroatoms. The van der Waals surface area contributed by atoms with Gasteiger partial charge in [-0.2, -0.15) is 18.3 Å². The number of hydrogen-bond acceptors (Lipinski definition) is 2. The zero-order valence-corrected chi connectivity index (χ0v) is 14.6. The van der Waals surface area contributed by atoms with Crippen molar-refractivity contribution in [2.45, 2.75) is 25.4 Å². The monoisotopic (exact) mass is 389 g/mol. The molecule has 144 valence electrons. The topological polar surface area (TPSA) is 46.9 Å². The Balaban J connectivity index is 1.61. The van der Waals surface area contributed by atoms with E-state index in [0.717, 1.165) is 36.2 Å². The number of halogens is 4. The van der Waals surface area contributed by atoms with Crippen LogP contribution in [0.3, 0.4) is 0 Å². The molecule has 0 radical (unpaired) electrons. The van der Waals surface area contributed by atoms with Gasteiger partial charge in [0, 0.05) is 16.9 Å². The van der Waals surface area contributed by atoms with E-state index >= 15 is 0 Å². The zero-order chi connectivity index (χ0) is 19.9. The van der Waals surface area contributed by atoms with Crippen molar-refractivity contribution in [3.63, 3.8) is 0 Å². The quantitative estimate of drug-likeness (QED) is 0.656. The lowest BCUT2D eigenvalue weighted by Crippen LogP contribution is -2.15. The van der Waals surface area contributed by atoms with Crippen LogP contribution in [-0.4, -0.2) is 15.7 Å². The van der Waals surface area contributed by atoms with Gasteiger partial charge in [-0.3, -0.25) is 4.79 Å². The van der Waals surface area contributed by atoms with Gasteiger partial charge in [0.15, 0.2) is 5.69 Å². The molecule has 1 aliphatic carbocycles. The van der Waals surface area contributed by atoms with E-state index in [1.54, 1.807) is 16.8 Å². The average molecular weight is 389 g/mol. The minimum atomic E-state index is -4.43. The Morgan fingerprint density at radius 1 is 1.00 bits per heavy atom. The second kappa shape index (κ2) is 6.78. The summed E-state index contributed by atoms with van der Waals surface area (Å²) in [7, 11) is 0. The van der Waals surface area contributed by atoms with Crippen molar-refractivity contribution >= 4 is 11.6 Å². The number of fused-ring (bicyclic) bond motifs is 1. The number of hydrogen-bond donors (Lipinski definition) is 1. The van der Waals surface area contributed by atoms with E-state index < -0.39 is 17.6 Å². The molecule has 1 amide bonds. The Kier molecular flexibility index (Phi) is 4.41. The normalized spacial score (nSPS) is 13.4. The number of alkyl halides is 3. The number of anilines is 1. The molecule has 4 rings (SSSR count). The highest BCUT2D eigenvalue weighted by molar-refractivity contribution is 6.04. The van der Waals surface area contributed by atoms with Gasteiger partial charge in [-0.15, -0.1) is 0 Å². The summed E-state index contributed by atoms with van der Waals surface area (Å²) in [5.74, 6) is -0.855. The van der Waals surface area contributed by atoms with E-state index in [-0.39, 0.29) is 17.2 Å². The molecule has 1 aromatic heterocycles. The SMILES string of the molecule is O=C(Nc1ccc(C(F)(F)F)cc1)c1nn(-c2ccc(F)cc2)c2c1CCC2. The first kappa shape index (κ1) is 18.2. The molecule has 4 nitrogen and oxygen atoms in total. The van der Waals surface area contributed by atoms with Gasteiger partial charge < -0.3 is 5.32 Å². The lowest BCUT2D eigenvalue weighted by atomic mass is 10.1. The van der Waals surface area contributed by atoms with Crippen molar-refractivity contribution in [2.75, 3.05) is 5.32 Å². The summed E-state index contributed by atoms with van der Waals surface area (Å²) in [6, 6.07) is 10.0. The lowest BCUT2D eigenvalue weighted by molar-refractivity contribution is -0.137.